The van der Waals surface area contributed by atoms with E-state index in [0.29, 0.717) is 11.4 Å². The lowest BCUT2D eigenvalue weighted by atomic mass is 9.81. The second-order valence-electron chi connectivity index (χ2n) is 6.02. The molecule has 0 heterocycles. The van der Waals surface area contributed by atoms with Crippen LogP contribution in [0.1, 0.15) is 34.1 Å². The van der Waals surface area contributed by atoms with Crippen molar-refractivity contribution in [1.82, 2.24) is 0 Å². The minimum atomic E-state index is 0.0354. The fraction of sp³-hybridized carbons (Fsp3) is 0.316. The number of rotatable bonds is 4. The van der Waals surface area contributed by atoms with Crippen LogP contribution in [0.2, 0.25) is 5.02 Å². The zero-order chi connectivity index (χ0) is 16.4. The van der Waals surface area contributed by atoms with Crippen LogP contribution in [-0.4, -0.2) is 11.8 Å². The van der Waals surface area contributed by atoms with Crippen LogP contribution in [0.5, 0.6) is 0 Å². The van der Waals surface area contributed by atoms with Crippen molar-refractivity contribution < 1.29 is 4.79 Å². The molecule has 0 radical (unpaired) electrons. The summed E-state index contributed by atoms with van der Waals surface area (Å²) in [5.41, 5.74) is 5.83. The van der Waals surface area contributed by atoms with Gasteiger partial charge in [0.05, 0.1) is 6.04 Å². The van der Waals surface area contributed by atoms with Crippen LogP contribution in [0.15, 0.2) is 58.7 Å². The van der Waals surface area contributed by atoms with Gasteiger partial charge < -0.3 is 5.32 Å². The smallest absolute Gasteiger partial charge is 0.185 e. The highest BCUT2D eigenvalue weighted by atomic mass is 35.5. The van der Waals surface area contributed by atoms with Crippen molar-refractivity contribution in [2.75, 3.05) is 5.32 Å². The van der Waals surface area contributed by atoms with Crippen LogP contribution in [0.25, 0.3) is 0 Å². The van der Waals surface area contributed by atoms with Crippen LogP contribution >= 0.6 is 11.6 Å². The normalized spacial score (nSPS) is 18.8. The third-order valence-electron chi connectivity index (χ3n) is 4.18. The van der Waals surface area contributed by atoms with Gasteiger partial charge in [0.25, 0.3) is 0 Å². The van der Waals surface area contributed by atoms with Gasteiger partial charge in [-0.25, -0.2) is 0 Å². The van der Waals surface area contributed by atoms with Crippen molar-refractivity contribution in [2.45, 2.75) is 40.2 Å². The Bertz CT molecular complexity index is 680. The average molecular weight is 316 g/mol. The second kappa shape index (κ2) is 6.53. The Morgan fingerprint density at radius 2 is 1.77 bits per heavy atom. The monoisotopic (exact) mass is 315 g/mol. The SMILES string of the molecule is C=C(C)CC1=C(C)C(Nc2ccc(Cl)cc2)C(C)=C(C)C1=O. The van der Waals surface area contributed by atoms with Crippen LogP contribution in [-0.2, 0) is 4.79 Å². The van der Waals surface area contributed by atoms with Gasteiger partial charge >= 0.3 is 0 Å². The first-order valence-corrected chi connectivity index (χ1v) is 7.77. The third kappa shape index (κ3) is 3.33. The van der Waals surface area contributed by atoms with E-state index in [1.54, 1.807) is 0 Å². The number of Topliss-reactive ketones (excluding diaryl/α,β-unsaturated/α-hetero) is 1. The van der Waals surface area contributed by atoms with E-state index in [1.807, 2.05) is 52.0 Å². The minimum Gasteiger partial charge on any atom is -0.375 e. The first-order chi connectivity index (χ1) is 10.3. The predicted molar refractivity (Wildman–Crippen MR) is 94.4 cm³/mol. The van der Waals surface area contributed by atoms with Crippen LogP contribution in [0.4, 0.5) is 5.69 Å². The van der Waals surface area contributed by atoms with Crippen LogP contribution in [0.3, 0.4) is 0 Å². The summed E-state index contributed by atoms with van der Waals surface area (Å²) < 4.78 is 0. The average Bonchev–Trinajstić information content (AvgIpc) is 2.48. The summed E-state index contributed by atoms with van der Waals surface area (Å²) in [4.78, 5) is 12.5. The maximum absolute atomic E-state index is 12.5. The van der Waals surface area contributed by atoms with E-state index in [9.17, 15) is 4.79 Å². The molecule has 0 aromatic heterocycles. The first kappa shape index (κ1) is 16.6. The molecule has 0 fully saturated rings. The number of hydrogen-bond acceptors (Lipinski definition) is 2. The van der Waals surface area contributed by atoms with E-state index < -0.39 is 0 Å². The molecule has 0 bridgehead atoms. The van der Waals surface area contributed by atoms with E-state index in [-0.39, 0.29) is 11.8 Å². The lowest BCUT2D eigenvalue weighted by Crippen LogP contribution is -2.31. The molecule has 0 saturated heterocycles. The van der Waals surface area contributed by atoms with Crippen molar-refractivity contribution in [3.05, 3.63) is 63.7 Å². The second-order valence-corrected chi connectivity index (χ2v) is 6.45. The summed E-state index contributed by atoms with van der Waals surface area (Å²) in [6.45, 7) is 11.8. The summed E-state index contributed by atoms with van der Waals surface area (Å²) in [5, 5.41) is 4.22. The summed E-state index contributed by atoms with van der Waals surface area (Å²) in [6.07, 6.45) is 0.633. The number of carbonyl (C=O) groups is 1. The number of nitrogens with one attached hydrogen (secondary N) is 1. The molecule has 2 rings (SSSR count). The summed E-state index contributed by atoms with van der Waals surface area (Å²) in [6, 6.07) is 7.66. The lowest BCUT2D eigenvalue weighted by Gasteiger charge is -2.30. The van der Waals surface area contributed by atoms with Crippen molar-refractivity contribution in [3.63, 3.8) is 0 Å². The quantitative estimate of drug-likeness (QED) is 0.762. The third-order valence-corrected chi connectivity index (χ3v) is 4.43. The molecule has 0 spiro atoms. The zero-order valence-electron chi connectivity index (χ0n) is 13.6. The van der Waals surface area contributed by atoms with Gasteiger partial charge in [-0.05, 0) is 75.1 Å². The highest BCUT2D eigenvalue weighted by molar-refractivity contribution is 6.30. The van der Waals surface area contributed by atoms with E-state index in [4.69, 9.17) is 11.6 Å². The standard InChI is InChI=1S/C19H22ClNO/c1-11(2)10-17-14(5)18(12(3)13(4)19(17)22)21-16-8-6-15(20)7-9-16/h6-9,18,21H,1,10H2,2-5H3. The molecular formula is C19H22ClNO. The Balaban J connectivity index is 2.38. The zero-order valence-corrected chi connectivity index (χ0v) is 14.3. The lowest BCUT2D eigenvalue weighted by molar-refractivity contribution is -0.112. The molecule has 1 aromatic carbocycles. The fourth-order valence-electron chi connectivity index (χ4n) is 2.75. The molecule has 3 heteroatoms. The Kier molecular flexibility index (Phi) is 4.92. The molecule has 1 N–H and O–H groups in total. The van der Waals surface area contributed by atoms with E-state index in [2.05, 4.69) is 11.9 Å². The molecule has 2 nitrogen and oxygen atoms in total. The van der Waals surface area contributed by atoms with E-state index >= 15 is 0 Å². The predicted octanol–water partition coefficient (Wildman–Crippen LogP) is 5.32. The molecule has 1 atom stereocenters. The number of carbonyl (C=O) groups excluding carboxylic acids is 1. The van der Waals surface area contributed by atoms with Gasteiger partial charge in [0.2, 0.25) is 0 Å². The Labute approximate surface area is 137 Å². The van der Waals surface area contributed by atoms with Gasteiger partial charge in [-0.1, -0.05) is 23.8 Å². The maximum atomic E-state index is 12.5. The Morgan fingerprint density at radius 3 is 2.32 bits per heavy atom. The molecule has 1 aromatic rings. The van der Waals surface area contributed by atoms with Crippen molar-refractivity contribution >= 4 is 23.1 Å². The minimum absolute atomic E-state index is 0.0354. The molecule has 0 saturated carbocycles. The number of allylic oxidation sites excluding steroid dienone is 3. The molecule has 1 unspecified atom stereocenters. The number of ketones is 1. The highest BCUT2D eigenvalue weighted by Crippen LogP contribution is 2.32. The van der Waals surface area contributed by atoms with Crippen molar-refractivity contribution in [3.8, 4) is 0 Å². The van der Waals surface area contributed by atoms with Gasteiger partial charge in [-0.15, -0.1) is 0 Å². The number of benzene rings is 1. The maximum Gasteiger partial charge on any atom is 0.185 e. The largest absolute Gasteiger partial charge is 0.375 e. The van der Waals surface area contributed by atoms with Gasteiger partial charge in [0.1, 0.15) is 0 Å². The first-order valence-electron chi connectivity index (χ1n) is 7.39. The Morgan fingerprint density at radius 1 is 1.18 bits per heavy atom. The molecule has 0 aliphatic heterocycles. The van der Waals surface area contributed by atoms with Crippen molar-refractivity contribution in [2.24, 2.45) is 0 Å². The van der Waals surface area contributed by atoms with Gasteiger partial charge in [0.15, 0.2) is 5.78 Å². The topological polar surface area (TPSA) is 29.1 Å². The molecule has 1 aliphatic carbocycles. The molecule has 1 aliphatic rings. The van der Waals surface area contributed by atoms with Gasteiger partial charge in [-0.2, -0.15) is 0 Å². The van der Waals surface area contributed by atoms with Gasteiger partial charge in [-0.3, -0.25) is 4.79 Å². The summed E-state index contributed by atoms with van der Waals surface area (Å²) >= 11 is 5.93. The van der Waals surface area contributed by atoms with Crippen LogP contribution in [0, 0.1) is 0 Å². The fourth-order valence-corrected chi connectivity index (χ4v) is 2.88. The number of hydrogen-bond donors (Lipinski definition) is 1. The highest BCUT2D eigenvalue weighted by Gasteiger charge is 2.29. The molecule has 116 valence electrons. The number of anilines is 1. The Hall–Kier alpha value is -1.80. The van der Waals surface area contributed by atoms with E-state index in [1.165, 1.54) is 0 Å². The molecule has 0 amide bonds. The molecule has 22 heavy (non-hydrogen) atoms. The van der Waals surface area contributed by atoms with Gasteiger partial charge in [0, 0.05) is 16.3 Å². The summed E-state index contributed by atoms with van der Waals surface area (Å²) in [7, 11) is 0. The number of halogens is 1. The molecular weight excluding hydrogens is 294 g/mol. The summed E-state index contributed by atoms with van der Waals surface area (Å²) in [5.74, 6) is 0.146. The van der Waals surface area contributed by atoms with Crippen LogP contribution < -0.4 is 5.32 Å². The van der Waals surface area contributed by atoms with E-state index in [0.717, 1.165) is 33.6 Å². The van der Waals surface area contributed by atoms with Crippen molar-refractivity contribution in [1.29, 1.82) is 0 Å².